The van der Waals surface area contributed by atoms with Gasteiger partial charge < -0.3 is 0 Å². The van der Waals surface area contributed by atoms with Crippen LogP contribution in [0.4, 0.5) is 0 Å². The molecule has 0 amide bonds. The van der Waals surface area contributed by atoms with Crippen molar-refractivity contribution < 1.29 is 0 Å². The first kappa shape index (κ1) is 16.1. The van der Waals surface area contributed by atoms with E-state index in [2.05, 4.69) is 17.0 Å². The highest BCUT2D eigenvalue weighted by atomic mass is 35.5. The number of hydrogen-bond donors (Lipinski definition) is 0. The second-order valence-electron chi connectivity index (χ2n) is 3.96. The molecule has 0 spiro atoms. The van der Waals surface area contributed by atoms with Crippen molar-refractivity contribution in [2.45, 2.75) is 25.8 Å². The third-order valence-corrected chi connectivity index (χ3v) is 3.02. The fourth-order valence-electron chi connectivity index (χ4n) is 1.97. The van der Waals surface area contributed by atoms with Crippen LogP contribution in [0.2, 0.25) is 5.02 Å². The maximum atomic E-state index is 5.84. The first-order chi connectivity index (χ1) is 6.84. The zero-order valence-corrected chi connectivity index (χ0v) is 11.6. The Labute approximate surface area is 115 Å². The maximum absolute atomic E-state index is 5.84. The van der Waals surface area contributed by atoms with Crippen LogP contribution < -0.4 is 0 Å². The molecular formula is C12H18Cl3N. The summed E-state index contributed by atoms with van der Waals surface area (Å²) in [4.78, 5) is 2.52. The van der Waals surface area contributed by atoms with E-state index < -0.39 is 0 Å². The SMILES string of the molecule is Cl.Cl.Clc1ccc(CN2CCCCC2)cc1. The van der Waals surface area contributed by atoms with Crippen LogP contribution in [-0.2, 0) is 6.54 Å². The largest absolute Gasteiger partial charge is 0.299 e. The molecule has 16 heavy (non-hydrogen) atoms. The van der Waals surface area contributed by atoms with Gasteiger partial charge in [0.1, 0.15) is 0 Å². The van der Waals surface area contributed by atoms with Crippen molar-refractivity contribution in [1.82, 2.24) is 4.90 Å². The van der Waals surface area contributed by atoms with Crippen molar-refractivity contribution in [3.63, 3.8) is 0 Å². The molecule has 1 fully saturated rings. The van der Waals surface area contributed by atoms with E-state index in [1.165, 1.54) is 37.9 Å². The zero-order valence-electron chi connectivity index (χ0n) is 9.19. The summed E-state index contributed by atoms with van der Waals surface area (Å²) in [7, 11) is 0. The Morgan fingerprint density at radius 2 is 1.50 bits per heavy atom. The van der Waals surface area contributed by atoms with E-state index in [0.29, 0.717) is 0 Å². The van der Waals surface area contributed by atoms with Crippen molar-refractivity contribution in [3.8, 4) is 0 Å². The Morgan fingerprint density at radius 3 is 2.06 bits per heavy atom. The normalized spacial score (nSPS) is 16.1. The maximum Gasteiger partial charge on any atom is 0.0406 e. The standard InChI is InChI=1S/C12H16ClN.2ClH/c13-12-6-4-11(5-7-12)10-14-8-2-1-3-9-14;;/h4-7H,1-3,8-10H2;2*1H. The van der Waals surface area contributed by atoms with Gasteiger partial charge in [0.2, 0.25) is 0 Å². The number of piperidine rings is 1. The first-order valence-electron chi connectivity index (χ1n) is 5.31. The Morgan fingerprint density at radius 1 is 0.938 bits per heavy atom. The zero-order chi connectivity index (χ0) is 9.80. The average molecular weight is 283 g/mol. The lowest BCUT2D eigenvalue weighted by Gasteiger charge is -2.26. The van der Waals surface area contributed by atoms with Crippen molar-refractivity contribution >= 4 is 36.4 Å². The van der Waals surface area contributed by atoms with Crippen LogP contribution >= 0.6 is 36.4 Å². The van der Waals surface area contributed by atoms with Crippen molar-refractivity contribution in [3.05, 3.63) is 34.9 Å². The predicted octanol–water partition coefficient (Wildman–Crippen LogP) is 4.17. The van der Waals surface area contributed by atoms with Gasteiger partial charge in [-0.2, -0.15) is 0 Å². The van der Waals surface area contributed by atoms with E-state index in [4.69, 9.17) is 11.6 Å². The van der Waals surface area contributed by atoms with Gasteiger partial charge in [0, 0.05) is 11.6 Å². The van der Waals surface area contributed by atoms with Gasteiger partial charge in [0.25, 0.3) is 0 Å². The van der Waals surface area contributed by atoms with Gasteiger partial charge in [0.15, 0.2) is 0 Å². The minimum atomic E-state index is 0. The molecule has 92 valence electrons. The smallest absolute Gasteiger partial charge is 0.0406 e. The monoisotopic (exact) mass is 281 g/mol. The summed E-state index contributed by atoms with van der Waals surface area (Å²) in [6, 6.07) is 8.19. The van der Waals surface area contributed by atoms with Crippen LogP contribution in [0.1, 0.15) is 24.8 Å². The van der Waals surface area contributed by atoms with E-state index >= 15 is 0 Å². The number of benzene rings is 1. The summed E-state index contributed by atoms with van der Waals surface area (Å²) >= 11 is 5.84. The lowest BCUT2D eigenvalue weighted by Crippen LogP contribution is -2.28. The van der Waals surface area contributed by atoms with Crippen molar-refractivity contribution in [2.24, 2.45) is 0 Å². The molecule has 0 saturated carbocycles. The predicted molar refractivity (Wildman–Crippen MR) is 75.1 cm³/mol. The number of rotatable bonds is 2. The molecule has 0 radical (unpaired) electrons. The third-order valence-electron chi connectivity index (χ3n) is 2.77. The molecule has 0 aromatic heterocycles. The van der Waals surface area contributed by atoms with Crippen molar-refractivity contribution in [2.75, 3.05) is 13.1 Å². The van der Waals surface area contributed by atoms with Gasteiger partial charge in [-0.15, -0.1) is 24.8 Å². The quantitative estimate of drug-likeness (QED) is 0.787. The molecule has 2 rings (SSSR count). The summed E-state index contributed by atoms with van der Waals surface area (Å²) in [5.41, 5.74) is 1.37. The van der Waals surface area contributed by atoms with E-state index in [9.17, 15) is 0 Å². The number of halogens is 3. The molecule has 1 aromatic rings. The summed E-state index contributed by atoms with van der Waals surface area (Å²) in [5, 5.41) is 0.826. The summed E-state index contributed by atoms with van der Waals surface area (Å²) < 4.78 is 0. The molecule has 0 aliphatic carbocycles. The molecule has 1 saturated heterocycles. The summed E-state index contributed by atoms with van der Waals surface area (Å²) in [5.74, 6) is 0. The third kappa shape index (κ3) is 4.92. The highest BCUT2D eigenvalue weighted by molar-refractivity contribution is 6.30. The highest BCUT2D eigenvalue weighted by Gasteiger charge is 2.09. The van der Waals surface area contributed by atoms with Crippen LogP contribution in [-0.4, -0.2) is 18.0 Å². The van der Waals surface area contributed by atoms with Crippen LogP contribution in [0, 0.1) is 0 Å². The average Bonchev–Trinajstić information content (AvgIpc) is 2.23. The number of nitrogens with zero attached hydrogens (tertiary/aromatic N) is 1. The molecule has 1 aliphatic heterocycles. The van der Waals surface area contributed by atoms with Crippen LogP contribution in [0.25, 0.3) is 0 Å². The Kier molecular flexibility index (Phi) is 8.21. The molecule has 0 bridgehead atoms. The molecule has 1 nitrogen and oxygen atoms in total. The van der Waals surface area contributed by atoms with E-state index in [-0.39, 0.29) is 24.8 Å². The van der Waals surface area contributed by atoms with Gasteiger partial charge in [-0.05, 0) is 43.6 Å². The molecule has 0 atom stereocenters. The fraction of sp³-hybridized carbons (Fsp3) is 0.500. The second kappa shape index (κ2) is 8.19. The molecule has 1 heterocycles. The number of likely N-dealkylation sites (tertiary alicyclic amines) is 1. The van der Waals surface area contributed by atoms with E-state index in [1.54, 1.807) is 0 Å². The summed E-state index contributed by atoms with van der Waals surface area (Å²) in [6.45, 7) is 3.59. The van der Waals surface area contributed by atoms with Crippen LogP contribution in [0.15, 0.2) is 24.3 Å². The topological polar surface area (TPSA) is 3.24 Å². The highest BCUT2D eigenvalue weighted by Crippen LogP contribution is 2.14. The minimum Gasteiger partial charge on any atom is -0.299 e. The van der Waals surface area contributed by atoms with Gasteiger partial charge in [-0.1, -0.05) is 30.2 Å². The van der Waals surface area contributed by atoms with Crippen LogP contribution in [0.3, 0.4) is 0 Å². The molecule has 1 aromatic carbocycles. The minimum absolute atomic E-state index is 0. The lowest BCUT2D eigenvalue weighted by atomic mass is 10.1. The summed E-state index contributed by atoms with van der Waals surface area (Å²) in [6.07, 6.45) is 4.11. The Balaban J connectivity index is 0.00000112. The van der Waals surface area contributed by atoms with Crippen molar-refractivity contribution in [1.29, 1.82) is 0 Å². The lowest BCUT2D eigenvalue weighted by molar-refractivity contribution is 0.221. The molecular weight excluding hydrogens is 264 g/mol. The fourth-order valence-corrected chi connectivity index (χ4v) is 2.09. The Bertz CT molecular complexity index is 281. The van der Waals surface area contributed by atoms with Gasteiger partial charge in [0.05, 0.1) is 0 Å². The van der Waals surface area contributed by atoms with Gasteiger partial charge >= 0.3 is 0 Å². The Hall–Kier alpha value is 0.0500. The van der Waals surface area contributed by atoms with Gasteiger partial charge in [-0.25, -0.2) is 0 Å². The second-order valence-corrected chi connectivity index (χ2v) is 4.40. The van der Waals surface area contributed by atoms with Crippen LogP contribution in [0.5, 0.6) is 0 Å². The number of hydrogen-bond acceptors (Lipinski definition) is 1. The van der Waals surface area contributed by atoms with E-state index in [0.717, 1.165) is 11.6 Å². The van der Waals surface area contributed by atoms with Gasteiger partial charge in [-0.3, -0.25) is 4.90 Å². The first-order valence-corrected chi connectivity index (χ1v) is 5.69. The molecule has 0 N–H and O–H groups in total. The molecule has 0 unspecified atom stereocenters. The molecule has 4 heteroatoms. The molecule has 1 aliphatic rings. The van der Waals surface area contributed by atoms with E-state index in [1.807, 2.05) is 12.1 Å².